The highest BCUT2D eigenvalue weighted by molar-refractivity contribution is 5.75. The van der Waals surface area contributed by atoms with Crippen molar-refractivity contribution in [1.29, 1.82) is 0 Å². The van der Waals surface area contributed by atoms with Crippen LogP contribution in [0.15, 0.2) is 60.7 Å². The molecule has 1 atom stereocenters. The molecule has 5 heteroatoms. The van der Waals surface area contributed by atoms with Gasteiger partial charge in [-0.25, -0.2) is 4.79 Å². The number of likely N-dealkylation sites (tertiary alicyclic amines) is 1. The lowest BCUT2D eigenvalue weighted by atomic mass is 9.97. The van der Waals surface area contributed by atoms with E-state index in [1.165, 1.54) is 5.56 Å². The van der Waals surface area contributed by atoms with Gasteiger partial charge in [-0.05, 0) is 43.2 Å². The van der Waals surface area contributed by atoms with E-state index in [2.05, 4.69) is 17.4 Å². The molecule has 28 heavy (non-hydrogen) atoms. The van der Waals surface area contributed by atoms with E-state index < -0.39 is 5.97 Å². The number of urea groups is 1. The Labute approximate surface area is 166 Å². The number of hydrogen-bond donors (Lipinski definition) is 2. The highest BCUT2D eigenvalue weighted by atomic mass is 16.4. The molecule has 0 saturated carbocycles. The van der Waals surface area contributed by atoms with Crippen LogP contribution in [0.5, 0.6) is 0 Å². The number of carboxylic acids is 1. The minimum absolute atomic E-state index is 0.0467. The van der Waals surface area contributed by atoms with Gasteiger partial charge in [-0.1, -0.05) is 60.7 Å². The van der Waals surface area contributed by atoms with Crippen molar-refractivity contribution in [2.45, 2.75) is 38.1 Å². The van der Waals surface area contributed by atoms with E-state index in [1.807, 2.05) is 48.5 Å². The van der Waals surface area contributed by atoms with Crippen LogP contribution in [0, 0.1) is 5.92 Å². The van der Waals surface area contributed by atoms with Gasteiger partial charge in [-0.15, -0.1) is 0 Å². The summed E-state index contributed by atoms with van der Waals surface area (Å²) >= 11 is 0. The van der Waals surface area contributed by atoms with Gasteiger partial charge < -0.3 is 15.3 Å². The van der Waals surface area contributed by atoms with E-state index >= 15 is 0 Å². The Bertz CT molecular complexity index is 756. The third kappa shape index (κ3) is 5.59. The Hall–Kier alpha value is -2.82. The number of nitrogens with one attached hydrogen (secondary N) is 1. The van der Waals surface area contributed by atoms with Crippen LogP contribution in [0.3, 0.4) is 0 Å². The summed E-state index contributed by atoms with van der Waals surface area (Å²) in [6.45, 7) is 0.989. The van der Waals surface area contributed by atoms with Crippen LogP contribution in [0.2, 0.25) is 0 Å². The highest BCUT2D eigenvalue weighted by Crippen LogP contribution is 2.22. The van der Waals surface area contributed by atoms with Crippen molar-refractivity contribution in [3.05, 3.63) is 71.8 Å². The number of nitrogens with zero attached hydrogens (tertiary/aromatic N) is 1. The molecule has 2 amide bonds. The monoisotopic (exact) mass is 380 g/mol. The fraction of sp³-hybridized carbons (Fsp3) is 0.391. The summed E-state index contributed by atoms with van der Waals surface area (Å²) in [4.78, 5) is 25.6. The van der Waals surface area contributed by atoms with Gasteiger partial charge in [0.25, 0.3) is 0 Å². The standard InChI is InChI=1S/C23H28N2O3/c26-22(27)20-14-16-25(17-15-20)23(28)24-21(19-11-5-2-6-12-19)13-7-10-18-8-3-1-4-9-18/h1-6,8-9,11-12,20-21H,7,10,13-17H2,(H,24,28)(H,26,27). The normalized spacial score (nSPS) is 15.8. The summed E-state index contributed by atoms with van der Waals surface area (Å²) in [6.07, 6.45) is 3.85. The van der Waals surface area contributed by atoms with Gasteiger partial charge in [-0.3, -0.25) is 4.79 Å². The maximum absolute atomic E-state index is 12.8. The third-order valence-corrected chi connectivity index (χ3v) is 5.43. The molecule has 1 heterocycles. The first-order chi connectivity index (χ1) is 13.6. The fourth-order valence-corrected chi connectivity index (χ4v) is 3.73. The second-order valence-corrected chi connectivity index (χ2v) is 7.39. The number of amides is 2. The molecule has 0 spiro atoms. The lowest BCUT2D eigenvalue weighted by molar-refractivity contribution is -0.143. The van der Waals surface area contributed by atoms with E-state index in [9.17, 15) is 9.59 Å². The number of hydrogen-bond acceptors (Lipinski definition) is 2. The number of carbonyl (C=O) groups is 2. The Morgan fingerprint density at radius 1 is 1.00 bits per heavy atom. The number of aliphatic carboxylic acids is 1. The first-order valence-corrected chi connectivity index (χ1v) is 10.0. The summed E-state index contributed by atoms with van der Waals surface area (Å²) in [5, 5.41) is 12.3. The van der Waals surface area contributed by atoms with Gasteiger partial charge in [0.15, 0.2) is 0 Å². The van der Waals surface area contributed by atoms with Gasteiger partial charge in [0.05, 0.1) is 12.0 Å². The highest BCUT2D eigenvalue weighted by Gasteiger charge is 2.28. The van der Waals surface area contributed by atoms with Gasteiger partial charge in [-0.2, -0.15) is 0 Å². The van der Waals surface area contributed by atoms with Crippen molar-refractivity contribution >= 4 is 12.0 Å². The summed E-state index contributed by atoms with van der Waals surface area (Å²) < 4.78 is 0. The number of benzene rings is 2. The summed E-state index contributed by atoms with van der Waals surface area (Å²) in [5.41, 5.74) is 2.40. The van der Waals surface area contributed by atoms with E-state index in [4.69, 9.17) is 5.11 Å². The minimum atomic E-state index is -0.761. The van der Waals surface area contributed by atoms with Crippen LogP contribution in [-0.4, -0.2) is 35.1 Å². The molecule has 2 N–H and O–H groups in total. The largest absolute Gasteiger partial charge is 0.481 e. The average Bonchev–Trinajstić information content (AvgIpc) is 2.74. The van der Waals surface area contributed by atoms with E-state index in [0.29, 0.717) is 25.9 Å². The molecule has 0 bridgehead atoms. The Morgan fingerprint density at radius 2 is 1.61 bits per heavy atom. The molecule has 2 aromatic carbocycles. The third-order valence-electron chi connectivity index (χ3n) is 5.43. The Kier molecular flexibility index (Phi) is 7.06. The Balaban J connectivity index is 1.58. The molecule has 3 rings (SSSR count). The zero-order chi connectivity index (χ0) is 19.8. The summed E-state index contributed by atoms with van der Waals surface area (Å²) in [6, 6.07) is 20.3. The topological polar surface area (TPSA) is 69.6 Å². The van der Waals surface area contributed by atoms with Crippen LogP contribution in [0.25, 0.3) is 0 Å². The number of piperidine rings is 1. The first-order valence-electron chi connectivity index (χ1n) is 10.0. The second kappa shape index (κ2) is 9.93. The Morgan fingerprint density at radius 3 is 2.21 bits per heavy atom. The lowest BCUT2D eigenvalue weighted by Crippen LogP contribution is -2.46. The second-order valence-electron chi connectivity index (χ2n) is 7.39. The number of aryl methyl sites for hydroxylation is 1. The maximum Gasteiger partial charge on any atom is 0.317 e. The molecule has 1 fully saturated rings. The van der Waals surface area contributed by atoms with E-state index in [-0.39, 0.29) is 18.0 Å². The van der Waals surface area contributed by atoms with Crippen molar-refractivity contribution < 1.29 is 14.7 Å². The van der Waals surface area contributed by atoms with Crippen molar-refractivity contribution in [3.63, 3.8) is 0 Å². The molecule has 0 radical (unpaired) electrons. The smallest absolute Gasteiger partial charge is 0.317 e. The van der Waals surface area contributed by atoms with Crippen LogP contribution >= 0.6 is 0 Å². The van der Waals surface area contributed by atoms with Crippen molar-refractivity contribution in [2.24, 2.45) is 5.92 Å². The zero-order valence-electron chi connectivity index (χ0n) is 16.1. The average molecular weight is 380 g/mol. The van der Waals surface area contributed by atoms with Crippen LogP contribution < -0.4 is 5.32 Å². The van der Waals surface area contributed by atoms with Gasteiger partial charge in [0, 0.05) is 13.1 Å². The predicted octanol–water partition coefficient (Wildman–Crippen LogP) is 4.26. The maximum atomic E-state index is 12.8. The number of carboxylic acid groups (broad SMARTS) is 1. The van der Waals surface area contributed by atoms with Crippen LogP contribution in [-0.2, 0) is 11.2 Å². The van der Waals surface area contributed by atoms with Crippen molar-refractivity contribution in [3.8, 4) is 0 Å². The lowest BCUT2D eigenvalue weighted by Gasteiger charge is -2.32. The number of carbonyl (C=O) groups excluding carboxylic acids is 1. The quantitative estimate of drug-likeness (QED) is 0.754. The zero-order valence-corrected chi connectivity index (χ0v) is 16.1. The molecular formula is C23H28N2O3. The van der Waals surface area contributed by atoms with Crippen LogP contribution in [0.4, 0.5) is 4.79 Å². The molecule has 1 saturated heterocycles. The molecule has 1 aliphatic heterocycles. The molecule has 1 aliphatic rings. The van der Waals surface area contributed by atoms with Gasteiger partial charge in [0.1, 0.15) is 0 Å². The molecule has 148 valence electrons. The van der Waals surface area contributed by atoms with Crippen LogP contribution in [0.1, 0.15) is 42.9 Å². The molecule has 2 aromatic rings. The summed E-state index contributed by atoms with van der Waals surface area (Å²) in [7, 11) is 0. The molecule has 0 aliphatic carbocycles. The first kappa shape index (κ1) is 19.9. The van der Waals surface area contributed by atoms with E-state index in [1.54, 1.807) is 4.90 Å². The molecule has 5 nitrogen and oxygen atoms in total. The molecule has 1 unspecified atom stereocenters. The van der Waals surface area contributed by atoms with E-state index in [0.717, 1.165) is 24.8 Å². The SMILES string of the molecule is O=C(O)C1CCN(C(=O)NC(CCCc2ccccc2)c2ccccc2)CC1. The number of rotatable bonds is 7. The minimum Gasteiger partial charge on any atom is -0.481 e. The molecular weight excluding hydrogens is 352 g/mol. The predicted molar refractivity (Wildman–Crippen MR) is 109 cm³/mol. The van der Waals surface area contributed by atoms with Gasteiger partial charge in [0.2, 0.25) is 0 Å². The van der Waals surface area contributed by atoms with Crippen molar-refractivity contribution in [1.82, 2.24) is 10.2 Å². The molecule has 0 aromatic heterocycles. The fourth-order valence-electron chi connectivity index (χ4n) is 3.73. The summed E-state index contributed by atoms with van der Waals surface area (Å²) in [5.74, 6) is -1.09. The van der Waals surface area contributed by atoms with Crippen molar-refractivity contribution in [2.75, 3.05) is 13.1 Å². The van der Waals surface area contributed by atoms with Gasteiger partial charge >= 0.3 is 12.0 Å².